The molecule has 2 aromatic rings. The normalized spacial score (nSPS) is 17.3. The monoisotopic (exact) mass is 562 g/mol. The lowest BCUT2D eigenvalue weighted by Gasteiger charge is -2.34. The van der Waals surface area contributed by atoms with Gasteiger partial charge in [0.1, 0.15) is 12.1 Å². The highest BCUT2D eigenvalue weighted by molar-refractivity contribution is 8.02. The van der Waals surface area contributed by atoms with Crippen LogP contribution >= 0.6 is 11.8 Å². The molecule has 0 radical (unpaired) electrons. The summed E-state index contributed by atoms with van der Waals surface area (Å²) in [7, 11) is 0. The number of halogens is 1. The van der Waals surface area contributed by atoms with Crippen LogP contribution in [-0.4, -0.2) is 56.0 Å². The molecule has 40 heavy (non-hydrogen) atoms. The van der Waals surface area contributed by atoms with E-state index in [4.69, 9.17) is 5.73 Å². The van der Waals surface area contributed by atoms with Crippen LogP contribution in [0.1, 0.15) is 50.2 Å². The molecule has 1 fully saturated rings. The number of nitrogens with one attached hydrogen (secondary N) is 2. The van der Waals surface area contributed by atoms with Crippen LogP contribution < -0.4 is 16.4 Å². The van der Waals surface area contributed by atoms with Gasteiger partial charge in [0.15, 0.2) is 0 Å². The number of carbonyl (C=O) groups is 1. The fraction of sp³-hybridized carbons (Fsp3) is 0.424. The van der Waals surface area contributed by atoms with E-state index in [1.165, 1.54) is 11.8 Å². The summed E-state index contributed by atoms with van der Waals surface area (Å²) in [6.45, 7) is 8.76. The molecule has 0 saturated carbocycles. The van der Waals surface area contributed by atoms with E-state index in [9.17, 15) is 9.18 Å². The van der Waals surface area contributed by atoms with Gasteiger partial charge in [0.25, 0.3) is 0 Å². The Bertz CT molecular complexity index is 1200. The van der Waals surface area contributed by atoms with Crippen LogP contribution in [0.25, 0.3) is 11.1 Å². The lowest BCUT2D eigenvalue weighted by molar-refractivity contribution is -0.125. The van der Waals surface area contributed by atoms with E-state index in [0.29, 0.717) is 12.5 Å². The summed E-state index contributed by atoms with van der Waals surface area (Å²) in [5, 5.41) is 7.26. The predicted molar refractivity (Wildman–Crippen MR) is 167 cm³/mol. The molecule has 1 amide bonds. The molecule has 2 aromatic carbocycles. The maximum atomic E-state index is 13.7. The van der Waals surface area contributed by atoms with E-state index in [1.54, 1.807) is 0 Å². The number of hydrogen-bond acceptors (Lipinski definition) is 5. The van der Waals surface area contributed by atoms with Crippen molar-refractivity contribution in [3.05, 3.63) is 94.7 Å². The van der Waals surface area contributed by atoms with Crippen LogP contribution in [0.15, 0.2) is 83.6 Å². The standard InChI is InChI=1S/C33H43FN4OS/c1-4-11-26(31(35)40-3)24(2)37-25-16-22-38(23-17-25)21-10-9-18-33(32(39)36-20-19-34)29-14-7-5-12-27(29)28-13-6-8-15-30(28)33/h4-8,11-15,25,37H,2,9-10,16-23,35H2,1,3H3,(H,36,39)/b11-4-,31-26-. The number of alkyl halides is 1. The molecule has 0 spiro atoms. The van der Waals surface area contributed by atoms with Gasteiger partial charge in [0, 0.05) is 36.9 Å². The van der Waals surface area contributed by atoms with E-state index < -0.39 is 12.1 Å². The van der Waals surface area contributed by atoms with Crippen LogP contribution in [0.2, 0.25) is 0 Å². The zero-order valence-electron chi connectivity index (χ0n) is 23.8. The largest absolute Gasteiger partial charge is 0.393 e. The molecule has 214 valence electrons. The number of unbranched alkanes of at least 4 members (excludes halogenated alkanes) is 1. The summed E-state index contributed by atoms with van der Waals surface area (Å²) in [4.78, 5) is 16.2. The minimum atomic E-state index is -0.781. The lowest BCUT2D eigenvalue weighted by atomic mass is 9.73. The Morgan fingerprint density at radius 1 is 1.12 bits per heavy atom. The molecular formula is C33H43FN4OS. The Morgan fingerprint density at radius 2 is 1.75 bits per heavy atom. The smallest absolute Gasteiger partial charge is 0.235 e. The SMILES string of the molecule is C=C(NC1CCN(CCCCC2(C(=O)NCCF)c3ccccc3-c3ccccc32)CC1)C(/C=C\C)=C(/N)SC. The number of benzene rings is 2. The number of allylic oxidation sites excluding steroid dienone is 2. The van der Waals surface area contributed by atoms with Crippen molar-refractivity contribution in [1.29, 1.82) is 0 Å². The fourth-order valence-electron chi connectivity index (χ4n) is 6.22. The minimum Gasteiger partial charge on any atom is -0.393 e. The third-order valence-corrected chi connectivity index (χ3v) is 8.88. The maximum absolute atomic E-state index is 13.7. The van der Waals surface area contributed by atoms with E-state index >= 15 is 0 Å². The van der Waals surface area contributed by atoms with E-state index in [0.717, 1.165) is 83.9 Å². The zero-order chi connectivity index (χ0) is 28.5. The number of carbonyl (C=O) groups excluding carboxylic acids is 1. The predicted octanol–water partition coefficient (Wildman–Crippen LogP) is 5.89. The third kappa shape index (κ3) is 6.31. The zero-order valence-corrected chi connectivity index (χ0v) is 24.7. The van der Waals surface area contributed by atoms with Gasteiger partial charge < -0.3 is 21.3 Å². The van der Waals surface area contributed by atoms with Crippen LogP contribution in [-0.2, 0) is 10.2 Å². The van der Waals surface area contributed by atoms with Gasteiger partial charge in [0.05, 0.1) is 5.03 Å². The first-order chi connectivity index (χ1) is 19.5. The number of rotatable bonds is 13. The lowest BCUT2D eigenvalue weighted by Crippen LogP contribution is -2.45. The van der Waals surface area contributed by atoms with Crippen molar-refractivity contribution in [2.45, 2.75) is 50.5 Å². The first-order valence-electron chi connectivity index (χ1n) is 14.3. The molecule has 1 saturated heterocycles. The van der Waals surface area contributed by atoms with Gasteiger partial charge in [-0.25, -0.2) is 4.39 Å². The van der Waals surface area contributed by atoms with E-state index in [1.807, 2.05) is 49.6 Å². The fourth-order valence-corrected chi connectivity index (χ4v) is 6.63. The van der Waals surface area contributed by atoms with Crippen molar-refractivity contribution in [3.8, 4) is 11.1 Å². The number of amides is 1. The average molecular weight is 563 g/mol. The number of thioether (sulfide) groups is 1. The van der Waals surface area contributed by atoms with Crippen LogP contribution in [0.3, 0.4) is 0 Å². The summed E-state index contributed by atoms with van der Waals surface area (Å²) in [6.07, 6.45) is 10.7. The van der Waals surface area contributed by atoms with Crippen molar-refractivity contribution < 1.29 is 9.18 Å². The summed E-state index contributed by atoms with van der Waals surface area (Å²) in [6, 6.07) is 16.8. The molecule has 0 bridgehead atoms. The van der Waals surface area contributed by atoms with Crippen molar-refractivity contribution in [3.63, 3.8) is 0 Å². The maximum Gasteiger partial charge on any atom is 0.235 e. The van der Waals surface area contributed by atoms with Gasteiger partial charge in [0.2, 0.25) is 5.91 Å². The molecule has 5 nitrogen and oxygen atoms in total. The second-order valence-electron chi connectivity index (χ2n) is 10.6. The van der Waals surface area contributed by atoms with Gasteiger partial charge in [-0.1, -0.05) is 73.7 Å². The first kappa shape index (κ1) is 29.9. The Kier molecular flexibility index (Phi) is 10.5. The molecule has 7 heteroatoms. The van der Waals surface area contributed by atoms with Crippen molar-refractivity contribution >= 4 is 17.7 Å². The Labute approximate surface area is 243 Å². The third-order valence-electron chi connectivity index (χ3n) is 8.22. The Balaban J connectivity index is 1.36. The molecule has 4 N–H and O–H groups in total. The Hall–Kier alpha value is -3.03. The summed E-state index contributed by atoms with van der Waals surface area (Å²) >= 11 is 1.54. The van der Waals surface area contributed by atoms with E-state index in [-0.39, 0.29) is 12.5 Å². The van der Waals surface area contributed by atoms with Gasteiger partial charge >= 0.3 is 0 Å². The van der Waals surface area contributed by atoms with Crippen LogP contribution in [0, 0.1) is 0 Å². The number of fused-ring (bicyclic) bond motifs is 3. The summed E-state index contributed by atoms with van der Waals surface area (Å²) < 4.78 is 13.1. The van der Waals surface area contributed by atoms with Crippen molar-refractivity contribution in [2.75, 3.05) is 39.1 Å². The van der Waals surface area contributed by atoms with Crippen LogP contribution in [0.5, 0.6) is 0 Å². The summed E-state index contributed by atoms with van der Waals surface area (Å²) in [5.74, 6) is -0.0943. The van der Waals surface area contributed by atoms with Gasteiger partial charge in [-0.3, -0.25) is 4.79 Å². The highest BCUT2D eigenvalue weighted by Gasteiger charge is 2.48. The average Bonchev–Trinajstić information content (AvgIpc) is 3.28. The van der Waals surface area contributed by atoms with Gasteiger partial charge in [-0.2, -0.15) is 0 Å². The quantitative estimate of drug-likeness (QED) is 0.210. The molecule has 1 heterocycles. The molecule has 1 aliphatic heterocycles. The van der Waals surface area contributed by atoms with Crippen LogP contribution in [0.4, 0.5) is 4.39 Å². The van der Waals surface area contributed by atoms with Crippen molar-refractivity contribution in [2.24, 2.45) is 5.73 Å². The van der Waals surface area contributed by atoms with Gasteiger partial charge in [-0.05, 0) is 67.7 Å². The number of piperidine rings is 1. The topological polar surface area (TPSA) is 70.4 Å². The van der Waals surface area contributed by atoms with E-state index in [2.05, 4.69) is 46.4 Å². The number of hydrogen-bond donors (Lipinski definition) is 3. The molecule has 0 atom stereocenters. The molecule has 0 unspecified atom stereocenters. The first-order valence-corrected chi connectivity index (χ1v) is 15.6. The molecule has 1 aliphatic carbocycles. The second-order valence-corrected chi connectivity index (χ2v) is 11.5. The number of likely N-dealkylation sites (tertiary alicyclic amines) is 1. The molecule has 0 aromatic heterocycles. The molecule has 4 rings (SSSR count). The minimum absolute atomic E-state index is 0.0379. The second kappa shape index (κ2) is 14.0. The van der Waals surface area contributed by atoms with Gasteiger partial charge in [-0.15, -0.1) is 11.8 Å². The highest BCUT2D eigenvalue weighted by atomic mass is 32.2. The van der Waals surface area contributed by atoms with Crippen molar-refractivity contribution in [1.82, 2.24) is 15.5 Å². The highest BCUT2D eigenvalue weighted by Crippen LogP contribution is 2.51. The molecular weight excluding hydrogens is 519 g/mol. The molecule has 2 aliphatic rings. The Morgan fingerprint density at radius 3 is 2.33 bits per heavy atom. The number of nitrogens with zero attached hydrogens (tertiary/aromatic N) is 1. The number of nitrogens with two attached hydrogens (primary N) is 1. The summed E-state index contributed by atoms with van der Waals surface area (Å²) in [5.41, 5.74) is 11.6.